The fourth-order valence-electron chi connectivity index (χ4n) is 3.47. The molecule has 0 N–H and O–H groups in total. The Kier molecular flexibility index (Phi) is 5.01. The molecule has 1 heterocycles. The van der Waals surface area contributed by atoms with Crippen molar-refractivity contribution in [3.8, 4) is 11.8 Å². The first-order valence-corrected chi connectivity index (χ1v) is 9.31. The SMILES string of the molecule is COc1ccc(C2C(c3ccc(Cl)cc3)=NN(c3ccccc3)C2C#N)cc1. The lowest BCUT2D eigenvalue weighted by atomic mass is 9.85. The third-order valence-corrected chi connectivity index (χ3v) is 5.11. The standard InChI is InChI=1S/C23H18ClN3O/c1-28-20-13-9-16(10-14-20)22-21(15-25)27(19-5-3-2-4-6-19)26-23(22)17-7-11-18(24)12-8-17/h2-14,21-22H,1H3. The fourth-order valence-corrected chi connectivity index (χ4v) is 3.59. The summed E-state index contributed by atoms with van der Waals surface area (Å²) in [6.07, 6.45) is 0. The van der Waals surface area contributed by atoms with E-state index < -0.39 is 6.04 Å². The molecule has 0 radical (unpaired) electrons. The van der Waals surface area contributed by atoms with Crippen LogP contribution in [0.25, 0.3) is 0 Å². The lowest BCUT2D eigenvalue weighted by Gasteiger charge is -2.22. The number of halogens is 1. The second-order valence-corrected chi connectivity index (χ2v) is 6.93. The van der Waals surface area contributed by atoms with Crippen molar-refractivity contribution in [3.05, 3.63) is 95.0 Å². The van der Waals surface area contributed by atoms with E-state index in [1.807, 2.05) is 78.9 Å². The van der Waals surface area contributed by atoms with E-state index in [0.29, 0.717) is 5.02 Å². The Morgan fingerprint density at radius 3 is 2.25 bits per heavy atom. The highest BCUT2D eigenvalue weighted by Gasteiger charge is 2.40. The van der Waals surface area contributed by atoms with Gasteiger partial charge in [0, 0.05) is 5.02 Å². The average Bonchev–Trinajstić information content (AvgIpc) is 3.14. The van der Waals surface area contributed by atoms with E-state index in [-0.39, 0.29) is 5.92 Å². The summed E-state index contributed by atoms with van der Waals surface area (Å²) in [7, 11) is 1.64. The molecule has 1 aliphatic rings. The number of methoxy groups -OCH3 is 1. The number of para-hydroxylation sites is 1. The van der Waals surface area contributed by atoms with Crippen molar-refractivity contribution in [1.29, 1.82) is 5.26 Å². The molecule has 0 aliphatic carbocycles. The van der Waals surface area contributed by atoms with Crippen molar-refractivity contribution in [1.82, 2.24) is 0 Å². The number of rotatable bonds is 4. The second-order valence-electron chi connectivity index (χ2n) is 6.50. The normalized spacial score (nSPS) is 18.5. The van der Waals surface area contributed by atoms with Crippen LogP contribution in [0.2, 0.25) is 5.02 Å². The van der Waals surface area contributed by atoms with Gasteiger partial charge in [-0.2, -0.15) is 10.4 Å². The number of nitrogens with zero attached hydrogens (tertiary/aromatic N) is 3. The molecule has 3 aromatic carbocycles. The van der Waals surface area contributed by atoms with Gasteiger partial charge in [0.05, 0.1) is 30.5 Å². The Balaban J connectivity index is 1.83. The van der Waals surface area contributed by atoms with Gasteiger partial charge in [0.2, 0.25) is 0 Å². The zero-order valence-corrected chi connectivity index (χ0v) is 16.0. The van der Waals surface area contributed by atoms with Crippen molar-refractivity contribution < 1.29 is 4.74 Å². The molecule has 1 aliphatic heterocycles. The largest absolute Gasteiger partial charge is 0.497 e. The number of ether oxygens (including phenoxy) is 1. The number of anilines is 1. The number of hydrogen-bond donors (Lipinski definition) is 0. The van der Waals surface area contributed by atoms with E-state index in [2.05, 4.69) is 6.07 Å². The predicted molar refractivity (Wildman–Crippen MR) is 112 cm³/mol. The maximum atomic E-state index is 10.0. The van der Waals surface area contributed by atoms with Crippen LogP contribution in [-0.2, 0) is 0 Å². The average molecular weight is 388 g/mol. The van der Waals surface area contributed by atoms with E-state index in [4.69, 9.17) is 21.4 Å². The zero-order chi connectivity index (χ0) is 19.5. The summed E-state index contributed by atoms with van der Waals surface area (Å²) < 4.78 is 5.28. The van der Waals surface area contributed by atoms with Crippen molar-refractivity contribution in [2.24, 2.45) is 5.10 Å². The summed E-state index contributed by atoms with van der Waals surface area (Å²) in [6, 6.07) is 27.2. The highest BCUT2D eigenvalue weighted by Crippen LogP contribution is 2.37. The van der Waals surface area contributed by atoms with E-state index in [1.54, 1.807) is 12.1 Å². The van der Waals surface area contributed by atoms with Crippen LogP contribution < -0.4 is 9.75 Å². The van der Waals surface area contributed by atoms with E-state index in [0.717, 1.165) is 28.3 Å². The smallest absolute Gasteiger partial charge is 0.151 e. The molecule has 138 valence electrons. The maximum Gasteiger partial charge on any atom is 0.151 e. The number of nitriles is 1. The van der Waals surface area contributed by atoms with Crippen LogP contribution >= 0.6 is 11.6 Å². The molecule has 0 spiro atoms. The minimum Gasteiger partial charge on any atom is -0.497 e. The summed E-state index contributed by atoms with van der Waals surface area (Å²) in [4.78, 5) is 0. The maximum absolute atomic E-state index is 10.0. The summed E-state index contributed by atoms with van der Waals surface area (Å²) >= 11 is 6.07. The van der Waals surface area contributed by atoms with E-state index in [1.165, 1.54) is 0 Å². The third-order valence-electron chi connectivity index (χ3n) is 4.86. The molecular formula is C23H18ClN3O. The number of hydrazone groups is 1. The summed E-state index contributed by atoms with van der Waals surface area (Å²) in [5, 5.41) is 17.4. The molecule has 3 aromatic rings. The van der Waals surface area contributed by atoms with Crippen LogP contribution in [0.15, 0.2) is 84.0 Å². The highest BCUT2D eigenvalue weighted by atomic mass is 35.5. The number of benzene rings is 3. The summed E-state index contributed by atoms with van der Waals surface area (Å²) in [6.45, 7) is 0. The zero-order valence-electron chi connectivity index (χ0n) is 15.3. The molecule has 4 nitrogen and oxygen atoms in total. The van der Waals surface area contributed by atoms with Crippen LogP contribution in [0.4, 0.5) is 5.69 Å². The topological polar surface area (TPSA) is 48.6 Å². The van der Waals surface area contributed by atoms with Gasteiger partial charge in [0.15, 0.2) is 6.04 Å². The van der Waals surface area contributed by atoms with Gasteiger partial charge in [0.25, 0.3) is 0 Å². The van der Waals surface area contributed by atoms with Gasteiger partial charge in [-0.05, 0) is 47.5 Å². The molecule has 0 saturated carbocycles. The fraction of sp³-hybridized carbons (Fsp3) is 0.130. The molecule has 0 fully saturated rings. The van der Waals surface area contributed by atoms with Gasteiger partial charge in [-0.3, -0.25) is 0 Å². The van der Waals surface area contributed by atoms with Crippen LogP contribution in [0.3, 0.4) is 0 Å². The van der Waals surface area contributed by atoms with Gasteiger partial charge in [-0.15, -0.1) is 0 Å². The van der Waals surface area contributed by atoms with Crippen LogP contribution in [0.5, 0.6) is 5.75 Å². The second kappa shape index (κ2) is 7.75. The van der Waals surface area contributed by atoms with Crippen molar-refractivity contribution >= 4 is 23.0 Å². The van der Waals surface area contributed by atoms with Gasteiger partial charge in [-0.1, -0.05) is 54.1 Å². The van der Waals surface area contributed by atoms with E-state index >= 15 is 0 Å². The third kappa shape index (κ3) is 3.33. The van der Waals surface area contributed by atoms with Crippen molar-refractivity contribution in [3.63, 3.8) is 0 Å². The van der Waals surface area contributed by atoms with Gasteiger partial charge < -0.3 is 4.74 Å². The van der Waals surface area contributed by atoms with Crippen LogP contribution in [0, 0.1) is 11.3 Å². The first kappa shape index (κ1) is 18.1. The molecule has 2 atom stereocenters. The van der Waals surface area contributed by atoms with Gasteiger partial charge in [0.1, 0.15) is 5.75 Å². The van der Waals surface area contributed by atoms with E-state index in [9.17, 15) is 5.26 Å². The molecule has 0 bridgehead atoms. The van der Waals surface area contributed by atoms with Crippen LogP contribution in [-0.4, -0.2) is 18.9 Å². The molecule has 5 heteroatoms. The predicted octanol–water partition coefficient (Wildman–Crippen LogP) is 5.25. The Hall–Kier alpha value is -3.29. The summed E-state index contributed by atoms with van der Waals surface area (Å²) in [5.74, 6) is 0.581. The Bertz CT molecular complexity index is 1020. The number of hydrogen-bond acceptors (Lipinski definition) is 4. The molecule has 0 amide bonds. The lowest BCUT2D eigenvalue weighted by molar-refractivity contribution is 0.414. The van der Waals surface area contributed by atoms with Crippen LogP contribution in [0.1, 0.15) is 17.0 Å². The molecule has 0 aromatic heterocycles. The first-order chi connectivity index (χ1) is 13.7. The molecule has 2 unspecified atom stereocenters. The lowest BCUT2D eigenvalue weighted by Crippen LogP contribution is -2.30. The molecular weight excluding hydrogens is 370 g/mol. The van der Waals surface area contributed by atoms with Gasteiger partial charge in [-0.25, -0.2) is 5.01 Å². The Labute approximate surface area is 169 Å². The molecule has 4 rings (SSSR count). The summed E-state index contributed by atoms with van der Waals surface area (Å²) in [5.41, 5.74) is 3.69. The van der Waals surface area contributed by atoms with Gasteiger partial charge >= 0.3 is 0 Å². The van der Waals surface area contributed by atoms with Crippen molar-refractivity contribution in [2.75, 3.05) is 12.1 Å². The quantitative estimate of drug-likeness (QED) is 0.614. The molecule has 28 heavy (non-hydrogen) atoms. The molecule has 0 saturated heterocycles. The highest BCUT2D eigenvalue weighted by molar-refractivity contribution is 6.30. The van der Waals surface area contributed by atoms with Crippen molar-refractivity contribution in [2.45, 2.75) is 12.0 Å². The Morgan fingerprint density at radius 2 is 1.64 bits per heavy atom. The first-order valence-electron chi connectivity index (χ1n) is 8.93. The minimum atomic E-state index is -0.457. The minimum absolute atomic E-state index is 0.197. The monoisotopic (exact) mass is 387 g/mol. The Morgan fingerprint density at radius 1 is 0.964 bits per heavy atom.